The summed E-state index contributed by atoms with van der Waals surface area (Å²) in [5.41, 5.74) is 0. The number of hydrogen-bond acceptors (Lipinski definition) is 6. The van der Waals surface area contributed by atoms with E-state index in [4.69, 9.17) is 9.47 Å². The third kappa shape index (κ3) is 11.5. The molecule has 0 aliphatic heterocycles. The van der Waals surface area contributed by atoms with Crippen LogP contribution in [-0.2, 0) is 19.1 Å². The van der Waals surface area contributed by atoms with E-state index in [0.717, 1.165) is 23.5 Å². The average molecular weight is 448 g/mol. The quantitative estimate of drug-likeness (QED) is 0.243. The van der Waals surface area contributed by atoms with E-state index >= 15 is 0 Å². The molecular weight excluding hydrogens is 422 g/mol. The van der Waals surface area contributed by atoms with Crippen molar-refractivity contribution in [3.63, 3.8) is 0 Å². The first-order valence-electron chi connectivity index (χ1n) is 7.46. The van der Waals surface area contributed by atoms with Crippen LogP contribution in [-0.4, -0.2) is 73.8 Å². The van der Waals surface area contributed by atoms with Crippen LogP contribution in [0.15, 0.2) is 0 Å². The number of aliphatic hydroxyl groups is 2. The zero-order valence-electron chi connectivity index (χ0n) is 13.2. The Kier molecular flexibility index (Phi) is 14.4. The van der Waals surface area contributed by atoms with Crippen LogP contribution in [0.4, 0.5) is 0 Å². The molecule has 0 aliphatic rings. The molecule has 0 aliphatic carbocycles. The van der Waals surface area contributed by atoms with Crippen molar-refractivity contribution < 1.29 is 29.3 Å². The molecule has 0 rings (SSSR count). The van der Waals surface area contributed by atoms with Gasteiger partial charge in [-0.3, -0.25) is 0 Å². The van der Waals surface area contributed by atoms with Crippen LogP contribution >= 0.6 is 0 Å². The molecule has 0 spiro atoms. The second kappa shape index (κ2) is 14.5. The Bertz CT molecular complexity index is 284. The minimum atomic E-state index is -0.997. The number of aliphatic hydroxyl groups excluding tert-OH is 2. The van der Waals surface area contributed by atoms with Crippen molar-refractivity contribution in [3.05, 3.63) is 0 Å². The van der Waals surface area contributed by atoms with Crippen LogP contribution in [0.25, 0.3) is 0 Å². The number of ether oxygens (including phenoxy) is 2. The van der Waals surface area contributed by atoms with E-state index < -0.39 is 24.1 Å². The first-order valence-corrected chi connectivity index (χ1v) is 14.2. The van der Waals surface area contributed by atoms with Gasteiger partial charge in [-0.05, 0) is 0 Å². The molecule has 0 saturated carbocycles. The maximum absolute atomic E-state index is 11.2. The van der Waals surface area contributed by atoms with E-state index in [1.54, 1.807) is 13.8 Å². The number of carbonyl (C=O) groups is 2. The molecule has 0 unspecified atom stereocenters. The SMILES string of the molecule is CCOC(=O)[C@@H](O)CCC[Se][Se]CCC[C@H](O)C(=O)OCC. The Balaban J connectivity index is 3.44. The van der Waals surface area contributed by atoms with Gasteiger partial charge in [-0.1, -0.05) is 0 Å². The van der Waals surface area contributed by atoms with Crippen LogP contribution in [0.3, 0.4) is 0 Å². The summed E-state index contributed by atoms with van der Waals surface area (Å²) < 4.78 is 9.46. The molecule has 22 heavy (non-hydrogen) atoms. The number of rotatable bonds is 13. The molecule has 0 heterocycles. The summed E-state index contributed by atoms with van der Waals surface area (Å²) >= 11 is 1.05. The summed E-state index contributed by atoms with van der Waals surface area (Å²) in [7, 11) is 0. The van der Waals surface area contributed by atoms with E-state index in [1.807, 2.05) is 0 Å². The summed E-state index contributed by atoms with van der Waals surface area (Å²) in [4.78, 5) is 22.4. The fourth-order valence-corrected chi connectivity index (χ4v) is 8.33. The van der Waals surface area contributed by atoms with Gasteiger partial charge < -0.3 is 0 Å². The van der Waals surface area contributed by atoms with E-state index in [2.05, 4.69) is 0 Å². The van der Waals surface area contributed by atoms with Crippen LogP contribution in [0, 0.1) is 0 Å². The summed E-state index contributed by atoms with van der Waals surface area (Å²) in [5, 5.41) is 21.1. The van der Waals surface area contributed by atoms with Gasteiger partial charge in [-0.25, -0.2) is 0 Å². The van der Waals surface area contributed by atoms with Gasteiger partial charge in [0.2, 0.25) is 0 Å². The minimum absolute atomic E-state index is 0.292. The predicted octanol–water partition coefficient (Wildman–Crippen LogP) is 0.555. The van der Waals surface area contributed by atoms with Crippen molar-refractivity contribution in [1.82, 2.24) is 0 Å². The monoisotopic (exact) mass is 450 g/mol. The number of hydrogen-bond donors (Lipinski definition) is 2. The van der Waals surface area contributed by atoms with Gasteiger partial charge >= 0.3 is 143 Å². The van der Waals surface area contributed by atoms with Crippen molar-refractivity contribution in [2.24, 2.45) is 0 Å². The Morgan fingerprint density at radius 2 is 1.23 bits per heavy atom. The molecule has 0 bridgehead atoms. The van der Waals surface area contributed by atoms with E-state index in [-0.39, 0.29) is 0 Å². The molecule has 0 aromatic rings. The summed E-state index contributed by atoms with van der Waals surface area (Å²) in [6.45, 7) is 4.02. The van der Waals surface area contributed by atoms with E-state index in [9.17, 15) is 19.8 Å². The Morgan fingerprint density at radius 3 is 1.55 bits per heavy atom. The standard InChI is InChI=1S/C14H26O6Se2/c1-3-19-13(17)11(15)7-5-9-21-22-10-6-8-12(16)14(18)20-4-2/h11-12,15-16H,3-10H2,1-2H3/t11-,12-/m0/s1. The number of esters is 2. The first-order chi connectivity index (χ1) is 10.5. The first kappa shape index (κ1) is 21.9. The molecule has 2 atom stereocenters. The van der Waals surface area contributed by atoms with Crippen molar-refractivity contribution in [1.29, 1.82) is 0 Å². The molecular formula is C14H26O6Se2. The zero-order valence-corrected chi connectivity index (χ0v) is 16.6. The molecule has 6 nitrogen and oxygen atoms in total. The average Bonchev–Trinajstić information content (AvgIpc) is 2.49. The maximum atomic E-state index is 11.2. The second-order valence-electron chi connectivity index (χ2n) is 4.46. The third-order valence-electron chi connectivity index (χ3n) is 2.61. The van der Waals surface area contributed by atoms with Gasteiger partial charge in [0, 0.05) is 0 Å². The third-order valence-corrected chi connectivity index (χ3v) is 10.3. The molecule has 2 N–H and O–H groups in total. The summed E-state index contributed by atoms with van der Waals surface area (Å²) in [6.07, 6.45) is 0.572. The zero-order chi connectivity index (χ0) is 16.8. The van der Waals surface area contributed by atoms with Gasteiger partial charge in [0.05, 0.1) is 0 Å². The van der Waals surface area contributed by atoms with Gasteiger partial charge in [0.1, 0.15) is 0 Å². The van der Waals surface area contributed by atoms with Crippen LogP contribution < -0.4 is 0 Å². The molecule has 130 valence electrons. The van der Waals surface area contributed by atoms with Gasteiger partial charge in [0.25, 0.3) is 0 Å². The van der Waals surface area contributed by atoms with Gasteiger partial charge in [-0.15, -0.1) is 0 Å². The van der Waals surface area contributed by atoms with Crippen LogP contribution in [0.5, 0.6) is 0 Å². The van der Waals surface area contributed by atoms with Crippen molar-refractivity contribution in [2.45, 2.75) is 62.4 Å². The van der Waals surface area contributed by atoms with Gasteiger partial charge in [0.15, 0.2) is 0 Å². The topological polar surface area (TPSA) is 93.1 Å². The molecule has 0 saturated heterocycles. The summed E-state index contributed by atoms with van der Waals surface area (Å²) in [6, 6.07) is 0. The molecule has 0 aromatic heterocycles. The van der Waals surface area contributed by atoms with Crippen LogP contribution in [0.2, 0.25) is 10.6 Å². The van der Waals surface area contributed by atoms with E-state index in [1.165, 1.54) is 0 Å². The van der Waals surface area contributed by atoms with Crippen LogP contribution in [0.1, 0.15) is 39.5 Å². The van der Waals surface area contributed by atoms with E-state index in [0.29, 0.717) is 52.3 Å². The molecule has 0 radical (unpaired) electrons. The normalized spacial score (nSPS) is 13.5. The second-order valence-corrected chi connectivity index (χ2v) is 12.3. The molecule has 8 heteroatoms. The Morgan fingerprint density at radius 1 is 0.864 bits per heavy atom. The Labute approximate surface area is 143 Å². The fourth-order valence-electron chi connectivity index (χ4n) is 1.50. The predicted molar refractivity (Wildman–Crippen MR) is 84.9 cm³/mol. The Hall–Kier alpha value is -0.101. The van der Waals surface area contributed by atoms with Crippen molar-refractivity contribution in [3.8, 4) is 0 Å². The molecule has 0 fully saturated rings. The van der Waals surface area contributed by atoms with Crippen molar-refractivity contribution in [2.75, 3.05) is 13.2 Å². The molecule has 0 aromatic carbocycles. The summed E-state index contributed by atoms with van der Waals surface area (Å²) in [5.74, 6) is -1.07. The fraction of sp³-hybridized carbons (Fsp3) is 0.857. The van der Waals surface area contributed by atoms with Crippen molar-refractivity contribution >= 4 is 38.2 Å². The number of carbonyl (C=O) groups excluding carboxylic acids is 2. The van der Waals surface area contributed by atoms with Gasteiger partial charge in [-0.2, -0.15) is 0 Å². The molecule has 0 amide bonds.